The van der Waals surface area contributed by atoms with Crippen molar-refractivity contribution in [3.8, 4) is 0 Å². The number of carboxylic acids is 1. The summed E-state index contributed by atoms with van der Waals surface area (Å²) in [6.07, 6.45) is 1.54. The number of rotatable bonds is 2. The van der Waals surface area contributed by atoms with Gasteiger partial charge in [0, 0.05) is 11.9 Å². The minimum absolute atomic E-state index is 0.111. The van der Waals surface area contributed by atoms with E-state index >= 15 is 0 Å². The third-order valence-corrected chi connectivity index (χ3v) is 2.18. The molecule has 5 nitrogen and oxygen atoms in total. The molecule has 78 valence electrons. The lowest BCUT2D eigenvalue weighted by atomic mass is 10.3. The molecule has 1 N–H and O–H groups in total. The van der Waals surface area contributed by atoms with Crippen molar-refractivity contribution >= 4 is 23.3 Å². The molecule has 2 rings (SSSR count). The topological polar surface area (TPSA) is 67.5 Å². The minimum Gasteiger partial charge on any atom is -0.481 e. The van der Waals surface area contributed by atoms with Gasteiger partial charge in [-0.05, 0) is 13.0 Å². The molecule has 0 amide bonds. The number of fused-ring (bicyclic) bond motifs is 1. The summed E-state index contributed by atoms with van der Waals surface area (Å²) in [5, 5.41) is 8.97. The maximum Gasteiger partial charge on any atom is 0.309 e. The van der Waals surface area contributed by atoms with Crippen molar-refractivity contribution in [2.45, 2.75) is 13.3 Å². The number of carbonyl (C=O) groups is 1. The number of carboxylic acid groups (broad SMARTS) is 1. The summed E-state index contributed by atoms with van der Waals surface area (Å²) in [6, 6.07) is 1.70. The predicted molar refractivity (Wildman–Crippen MR) is 54.1 cm³/mol. The van der Waals surface area contributed by atoms with Crippen molar-refractivity contribution in [1.82, 2.24) is 14.4 Å². The quantitative estimate of drug-likeness (QED) is 0.783. The van der Waals surface area contributed by atoms with E-state index in [1.807, 2.05) is 6.92 Å². The maximum absolute atomic E-state index is 10.5. The highest BCUT2D eigenvalue weighted by Crippen LogP contribution is 2.12. The smallest absolute Gasteiger partial charge is 0.309 e. The van der Waals surface area contributed by atoms with Crippen LogP contribution in [0.3, 0.4) is 0 Å². The van der Waals surface area contributed by atoms with Gasteiger partial charge in [0.2, 0.25) is 5.78 Å². The van der Waals surface area contributed by atoms with Crippen LogP contribution < -0.4 is 0 Å². The maximum atomic E-state index is 10.5. The lowest BCUT2D eigenvalue weighted by molar-refractivity contribution is -0.136. The molecular weight excluding hydrogens is 218 g/mol. The highest BCUT2D eigenvalue weighted by Gasteiger charge is 2.08. The van der Waals surface area contributed by atoms with Gasteiger partial charge in [-0.1, -0.05) is 11.6 Å². The van der Waals surface area contributed by atoms with Crippen LogP contribution in [0.2, 0.25) is 5.15 Å². The monoisotopic (exact) mass is 225 g/mol. The Labute approximate surface area is 90.3 Å². The molecule has 0 aliphatic rings. The predicted octanol–water partition coefficient (Wildman–Crippen LogP) is 1.32. The summed E-state index contributed by atoms with van der Waals surface area (Å²) in [7, 11) is 0. The SMILES string of the molecule is Cc1cc(Cl)nc2nc(CC(=O)O)cn12. The molecule has 0 atom stereocenters. The number of nitrogens with zero attached hydrogens (tertiary/aromatic N) is 3. The Morgan fingerprint density at radius 3 is 3.00 bits per heavy atom. The zero-order chi connectivity index (χ0) is 11.0. The molecule has 0 unspecified atom stereocenters. The average Bonchev–Trinajstić information content (AvgIpc) is 2.45. The van der Waals surface area contributed by atoms with E-state index in [0.717, 1.165) is 5.69 Å². The molecule has 0 saturated heterocycles. The summed E-state index contributed by atoms with van der Waals surface area (Å²) in [5.41, 5.74) is 1.34. The third kappa shape index (κ3) is 1.92. The van der Waals surface area contributed by atoms with Gasteiger partial charge in [-0.2, -0.15) is 0 Å². The molecule has 0 aromatic carbocycles. The second-order valence-corrected chi connectivity index (χ2v) is 3.58. The van der Waals surface area contributed by atoms with Gasteiger partial charge in [0.15, 0.2) is 0 Å². The molecule has 6 heteroatoms. The number of aliphatic carboxylic acids is 1. The van der Waals surface area contributed by atoms with E-state index in [1.54, 1.807) is 16.7 Å². The standard InChI is InChI=1S/C9H8ClN3O2/c1-5-2-7(10)12-9-11-6(3-8(14)15)4-13(5)9/h2,4H,3H2,1H3,(H,14,15). The van der Waals surface area contributed by atoms with Crippen LogP contribution in [-0.4, -0.2) is 25.4 Å². The number of aromatic nitrogens is 3. The summed E-state index contributed by atoms with van der Waals surface area (Å²) in [4.78, 5) is 18.6. The van der Waals surface area contributed by atoms with Gasteiger partial charge < -0.3 is 5.11 Å². The first-order chi connectivity index (χ1) is 7.06. The van der Waals surface area contributed by atoms with Crippen LogP contribution in [0.1, 0.15) is 11.4 Å². The first kappa shape index (κ1) is 9.92. The number of imidazole rings is 1. The molecule has 0 radical (unpaired) electrons. The average molecular weight is 226 g/mol. The van der Waals surface area contributed by atoms with Crippen molar-refractivity contribution in [1.29, 1.82) is 0 Å². The fourth-order valence-corrected chi connectivity index (χ4v) is 1.60. The van der Waals surface area contributed by atoms with Crippen molar-refractivity contribution in [3.63, 3.8) is 0 Å². The van der Waals surface area contributed by atoms with Crippen molar-refractivity contribution in [2.75, 3.05) is 0 Å². The van der Waals surface area contributed by atoms with Crippen LogP contribution in [0.25, 0.3) is 5.78 Å². The normalized spacial score (nSPS) is 10.8. The molecular formula is C9H8ClN3O2. The molecule has 2 aromatic heterocycles. The van der Waals surface area contributed by atoms with Crippen LogP contribution in [0, 0.1) is 6.92 Å². The molecule has 0 fully saturated rings. The second kappa shape index (κ2) is 3.51. The van der Waals surface area contributed by atoms with Gasteiger partial charge in [-0.25, -0.2) is 9.97 Å². The Morgan fingerprint density at radius 1 is 1.60 bits per heavy atom. The van der Waals surface area contributed by atoms with E-state index in [-0.39, 0.29) is 6.42 Å². The molecule has 0 aliphatic heterocycles. The van der Waals surface area contributed by atoms with E-state index in [0.29, 0.717) is 16.6 Å². The molecule has 0 bridgehead atoms. The molecule has 2 aromatic rings. The number of halogens is 1. The van der Waals surface area contributed by atoms with Gasteiger partial charge in [-0.15, -0.1) is 0 Å². The van der Waals surface area contributed by atoms with E-state index in [1.165, 1.54) is 0 Å². The lowest BCUT2D eigenvalue weighted by Gasteiger charge is -1.97. The van der Waals surface area contributed by atoms with Crippen LogP contribution >= 0.6 is 11.6 Å². The second-order valence-electron chi connectivity index (χ2n) is 3.19. The molecule has 0 saturated carbocycles. The van der Waals surface area contributed by atoms with Crippen molar-refractivity contribution in [3.05, 3.63) is 28.8 Å². The van der Waals surface area contributed by atoms with Crippen LogP contribution in [0.5, 0.6) is 0 Å². The Morgan fingerprint density at radius 2 is 2.33 bits per heavy atom. The van der Waals surface area contributed by atoms with Gasteiger partial charge in [0.1, 0.15) is 5.15 Å². The van der Waals surface area contributed by atoms with Crippen LogP contribution in [0.4, 0.5) is 0 Å². The fraction of sp³-hybridized carbons (Fsp3) is 0.222. The molecule has 0 aliphatic carbocycles. The summed E-state index contributed by atoms with van der Waals surface area (Å²) >= 11 is 5.76. The fourth-order valence-electron chi connectivity index (χ4n) is 1.37. The largest absolute Gasteiger partial charge is 0.481 e. The van der Waals surface area contributed by atoms with E-state index in [9.17, 15) is 4.79 Å². The summed E-state index contributed by atoms with van der Waals surface area (Å²) < 4.78 is 1.71. The lowest BCUT2D eigenvalue weighted by Crippen LogP contribution is -1.99. The van der Waals surface area contributed by atoms with Gasteiger partial charge >= 0.3 is 5.97 Å². The highest BCUT2D eigenvalue weighted by molar-refractivity contribution is 6.29. The number of hydrogen-bond donors (Lipinski definition) is 1. The van der Waals surface area contributed by atoms with Gasteiger partial charge in [0.25, 0.3) is 0 Å². The zero-order valence-corrected chi connectivity index (χ0v) is 8.69. The Hall–Kier alpha value is -1.62. The summed E-state index contributed by atoms with van der Waals surface area (Å²) in [6.45, 7) is 1.85. The molecule has 15 heavy (non-hydrogen) atoms. The van der Waals surface area contributed by atoms with Crippen molar-refractivity contribution in [2.24, 2.45) is 0 Å². The first-order valence-electron chi connectivity index (χ1n) is 4.29. The van der Waals surface area contributed by atoms with Crippen LogP contribution in [-0.2, 0) is 11.2 Å². The van der Waals surface area contributed by atoms with Gasteiger partial charge in [0.05, 0.1) is 12.1 Å². The zero-order valence-electron chi connectivity index (χ0n) is 7.94. The number of hydrogen-bond acceptors (Lipinski definition) is 3. The number of aryl methyl sites for hydroxylation is 1. The van der Waals surface area contributed by atoms with E-state index in [4.69, 9.17) is 16.7 Å². The Balaban J connectivity index is 2.55. The van der Waals surface area contributed by atoms with Crippen molar-refractivity contribution < 1.29 is 9.90 Å². The molecule has 2 heterocycles. The Kier molecular flexibility index (Phi) is 2.32. The van der Waals surface area contributed by atoms with Crippen LogP contribution in [0.15, 0.2) is 12.3 Å². The van der Waals surface area contributed by atoms with E-state index < -0.39 is 5.97 Å². The van der Waals surface area contributed by atoms with E-state index in [2.05, 4.69) is 9.97 Å². The third-order valence-electron chi connectivity index (χ3n) is 1.98. The summed E-state index contributed by atoms with van der Waals surface area (Å²) in [5.74, 6) is -0.488. The molecule has 0 spiro atoms. The highest BCUT2D eigenvalue weighted by atomic mass is 35.5. The first-order valence-corrected chi connectivity index (χ1v) is 4.67. The van der Waals surface area contributed by atoms with Gasteiger partial charge in [-0.3, -0.25) is 9.20 Å². The minimum atomic E-state index is -0.915. The Bertz CT molecular complexity index is 535.